The summed E-state index contributed by atoms with van der Waals surface area (Å²) in [6.45, 7) is 2.07. The van der Waals surface area contributed by atoms with Crippen molar-refractivity contribution in [3.05, 3.63) is 76.2 Å². The number of carbonyl (C=O) groups excluding carboxylic acids is 2. The molecule has 1 fully saturated rings. The minimum atomic E-state index is -0.238. The zero-order valence-electron chi connectivity index (χ0n) is 18.6. The maximum Gasteiger partial charge on any atom is 0.274 e. The Morgan fingerprint density at radius 2 is 1.85 bits per heavy atom. The molecule has 0 radical (unpaired) electrons. The van der Waals surface area contributed by atoms with Crippen molar-refractivity contribution < 1.29 is 14.3 Å². The lowest BCUT2D eigenvalue weighted by atomic mass is 9.83. The summed E-state index contributed by atoms with van der Waals surface area (Å²) in [6.07, 6.45) is 1.16. The zero-order chi connectivity index (χ0) is 22.9. The summed E-state index contributed by atoms with van der Waals surface area (Å²) < 4.78 is 6.71. The average molecular weight is 446 g/mol. The van der Waals surface area contributed by atoms with Crippen molar-refractivity contribution in [2.75, 3.05) is 32.1 Å². The van der Waals surface area contributed by atoms with Gasteiger partial charge in [-0.3, -0.25) is 14.4 Å². The molecule has 2 atom stereocenters. The number of nitrogens with one attached hydrogen (secondary N) is 1. The first kappa shape index (κ1) is 21.4. The van der Waals surface area contributed by atoms with Crippen LogP contribution in [0.5, 0.6) is 0 Å². The van der Waals surface area contributed by atoms with Crippen molar-refractivity contribution in [3.63, 3.8) is 0 Å². The van der Waals surface area contributed by atoms with E-state index in [1.165, 1.54) is 7.11 Å². The van der Waals surface area contributed by atoms with E-state index in [1.54, 1.807) is 10.6 Å². The number of likely N-dealkylation sites (tertiary alicyclic amines) is 1. The standard InChI is InChI=1S/C26H27N3O4/c1-33-11-10-24(30)27-22-8-9-23-21-12-17(15-29(23)26(22)32)14-28(16-21)25(31)20-7-6-18-4-2-3-5-19(18)13-20/h2-9,13,17,21H,10-12,14-16H2,1H3,(H,27,30)/t17-,21+/m0/s1. The number of carbonyl (C=O) groups is 2. The number of aromatic nitrogens is 1. The summed E-state index contributed by atoms with van der Waals surface area (Å²) in [5.74, 6) is 0.108. The van der Waals surface area contributed by atoms with E-state index in [4.69, 9.17) is 4.74 Å². The molecule has 3 aromatic rings. The van der Waals surface area contributed by atoms with Crippen molar-refractivity contribution in [2.24, 2.45) is 5.92 Å². The molecule has 0 spiro atoms. The number of hydrogen-bond donors (Lipinski definition) is 1. The van der Waals surface area contributed by atoms with Gasteiger partial charge in [0.2, 0.25) is 5.91 Å². The van der Waals surface area contributed by atoms with Crippen molar-refractivity contribution in [3.8, 4) is 0 Å². The van der Waals surface area contributed by atoms with Gasteiger partial charge in [-0.25, -0.2) is 0 Å². The molecule has 2 bridgehead atoms. The summed E-state index contributed by atoms with van der Waals surface area (Å²) in [5, 5.41) is 4.87. The zero-order valence-corrected chi connectivity index (χ0v) is 18.6. The van der Waals surface area contributed by atoms with E-state index >= 15 is 0 Å². The van der Waals surface area contributed by atoms with Crippen LogP contribution in [-0.4, -0.2) is 48.1 Å². The first-order valence-corrected chi connectivity index (χ1v) is 11.3. The fourth-order valence-corrected chi connectivity index (χ4v) is 5.12. The summed E-state index contributed by atoms with van der Waals surface area (Å²) in [4.78, 5) is 40.3. The van der Waals surface area contributed by atoms with Crippen LogP contribution in [0.3, 0.4) is 0 Å². The molecule has 0 aliphatic carbocycles. The second kappa shape index (κ2) is 8.83. The molecule has 3 heterocycles. The molecule has 7 nitrogen and oxygen atoms in total. The fraction of sp³-hybridized carbons (Fsp3) is 0.346. The molecule has 7 heteroatoms. The van der Waals surface area contributed by atoms with Gasteiger partial charge in [-0.05, 0) is 47.4 Å². The summed E-state index contributed by atoms with van der Waals surface area (Å²) in [7, 11) is 1.54. The van der Waals surface area contributed by atoms with E-state index in [9.17, 15) is 14.4 Å². The first-order valence-electron chi connectivity index (χ1n) is 11.3. The lowest BCUT2D eigenvalue weighted by Crippen LogP contribution is -2.49. The number of piperidine rings is 1. The van der Waals surface area contributed by atoms with Crippen LogP contribution < -0.4 is 10.9 Å². The minimum Gasteiger partial charge on any atom is -0.384 e. The molecule has 2 aromatic carbocycles. The van der Waals surface area contributed by atoms with Crippen LogP contribution in [0.15, 0.2) is 59.4 Å². The number of benzene rings is 2. The molecule has 1 N–H and O–H groups in total. The van der Waals surface area contributed by atoms with Gasteiger partial charge >= 0.3 is 0 Å². The Morgan fingerprint density at radius 1 is 1.03 bits per heavy atom. The minimum absolute atomic E-state index is 0.0354. The Bertz CT molecular complexity index is 1280. The second-order valence-corrected chi connectivity index (χ2v) is 8.95. The Hall–Kier alpha value is -3.45. The third-order valence-electron chi connectivity index (χ3n) is 6.70. The lowest BCUT2D eigenvalue weighted by molar-refractivity contribution is -0.117. The molecule has 0 saturated carbocycles. The Balaban J connectivity index is 1.36. The van der Waals surface area contributed by atoms with E-state index in [1.807, 2.05) is 53.4 Å². The molecular weight excluding hydrogens is 418 g/mol. The Labute approximate surface area is 192 Å². The molecule has 1 saturated heterocycles. The lowest BCUT2D eigenvalue weighted by Gasteiger charge is -2.43. The molecule has 2 amide bonds. The number of nitrogens with zero attached hydrogens (tertiary/aromatic N) is 2. The van der Waals surface area contributed by atoms with Crippen LogP contribution in [0.1, 0.15) is 34.8 Å². The van der Waals surface area contributed by atoms with E-state index in [0.29, 0.717) is 37.5 Å². The smallest absolute Gasteiger partial charge is 0.274 e. The van der Waals surface area contributed by atoms with Crippen LogP contribution in [0.4, 0.5) is 5.69 Å². The quantitative estimate of drug-likeness (QED) is 0.654. The van der Waals surface area contributed by atoms with Crippen LogP contribution in [-0.2, 0) is 16.1 Å². The number of methoxy groups -OCH3 is 1. The fourth-order valence-electron chi connectivity index (χ4n) is 5.12. The van der Waals surface area contributed by atoms with Gasteiger partial charge in [0, 0.05) is 43.9 Å². The molecule has 2 aliphatic heterocycles. The van der Waals surface area contributed by atoms with Gasteiger partial charge in [-0.2, -0.15) is 0 Å². The maximum atomic E-state index is 13.3. The monoisotopic (exact) mass is 445 g/mol. The third-order valence-corrected chi connectivity index (χ3v) is 6.70. The first-order chi connectivity index (χ1) is 16.0. The predicted octanol–water partition coefficient (Wildman–Crippen LogP) is 3.24. The van der Waals surface area contributed by atoms with Gasteiger partial charge in [0.15, 0.2) is 0 Å². The van der Waals surface area contributed by atoms with E-state index in [0.717, 1.165) is 22.9 Å². The Morgan fingerprint density at radius 3 is 2.67 bits per heavy atom. The Kier molecular flexibility index (Phi) is 5.72. The number of pyridine rings is 1. The van der Waals surface area contributed by atoms with Crippen molar-refractivity contribution in [1.82, 2.24) is 9.47 Å². The highest BCUT2D eigenvalue weighted by atomic mass is 16.5. The number of fused-ring (bicyclic) bond motifs is 5. The van der Waals surface area contributed by atoms with Crippen LogP contribution in [0.2, 0.25) is 0 Å². The number of hydrogen-bond acceptors (Lipinski definition) is 4. The number of amides is 2. The highest BCUT2D eigenvalue weighted by Gasteiger charge is 2.37. The normalized spacial score (nSPS) is 19.2. The van der Waals surface area contributed by atoms with Crippen LogP contribution in [0, 0.1) is 5.92 Å². The average Bonchev–Trinajstić information content (AvgIpc) is 2.84. The SMILES string of the molecule is COCCC(=O)Nc1ccc2n(c1=O)C[C@H]1C[C@@H]2CN(C(=O)c2ccc3ccccc3c2)C1. The molecule has 170 valence electrons. The van der Waals surface area contributed by atoms with Crippen LogP contribution >= 0.6 is 0 Å². The van der Waals surface area contributed by atoms with Crippen molar-refractivity contribution in [2.45, 2.75) is 25.3 Å². The maximum absolute atomic E-state index is 13.3. The van der Waals surface area contributed by atoms with Gasteiger partial charge in [0.05, 0.1) is 13.0 Å². The van der Waals surface area contributed by atoms with Crippen LogP contribution in [0.25, 0.3) is 10.8 Å². The molecule has 0 unspecified atom stereocenters. The van der Waals surface area contributed by atoms with E-state index in [2.05, 4.69) is 5.32 Å². The second-order valence-electron chi connectivity index (χ2n) is 8.95. The third kappa shape index (κ3) is 4.16. The van der Waals surface area contributed by atoms with Gasteiger partial charge in [0.25, 0.3) is 11.5 Å². The summed E-state index contributed by atoms with van der Waals surface area (Å²) >= 11 is 0. The highest BCUT2D eigenvalue weighted by Crippen LogP contribution is 2.36. The molecule has 33 heavy (non-hydrogen) atoms. The molecular formula is C26H27N3O4. The number of rotatable bonds is 5. The predicted molar refractivity (Wildman–Crippen MR) is 127 cm³/mol. The summed E-state index contributed by atoms with van der Waals surface area (Å²) in [5.41, 5.74) is 1.74. The highest BCUT2D eigenvalue weighted by molar-refractivity contribution is 5.98. The van der Waals surface area contributed by atoms with Crippen molar-refractivity contribution in [1.29, 1.82) is 0 Å². The number of anilines is 1. The number of ether oxygens (including phenoxy) is 1. The van der Waals surface area contributed by atoms with Crippen molar-refractivity contribution >= 4 is 28.3 Å². The topological polar surface area (TPSA) is 80.6 Å². The largest absolute Gasteiger partial charge is 0.384 e. The van der Waals surface area contributed by atoms with E-state index < -0.39 is 0 Å². The van der Waals surface area contributed by atoms with Gasteiger partial charge in [-0.15, -0.1) is 0 Å². The molecule has 2 aliphatic rings. The molecule has 5 rings (SSSR count). The van der Waals surface area contributed by atoms with E-state index in [-0.39, 0.29) is 35.6 Å². The van der Waals surface area contributed by atoms with Gasteiger partial charge in [0.1, 0.15) is 5.69 Å². The summed E-state index contributed by atoms with van der Waals surface area (Å²) in [6, 6.07) is 17.5. The van der Waals surface area contributed by atoms with Gasteiger partial charge < -0.3 is 19.5 Å². The molecule has 1 aromatic heterocycles. The van der Waals surface area contributed by atoms with Gasteiger partial charge in [-0.1, -0.05) is 30.3 Å².